The van der Waals surface area contributed by atoms with E-state index in [0.717, 1.165) is 5.69 Å². The predicted octanol–water partition coefficient (Wildman–Crippen LogP) is 1.16. The Hall–Kier alpha value is -1.85. The average Bonchev–Trinajstić information content (AvgIpc) is 2.67. The predicted molar refractivity (Wildman–Crippen MR) is 70.1 cm³/mol. The summed E-state index contributed by atoms with van der Waals surface area (Å²) in [5.41, 5.74) is 0.396. The van der Waals surface area contributed by atoms with Crippen molar-refractivity contribution in [1.29, 1.82) is 0 Å². The number of nitrogens with one attached hydrogen (secondary N) is 1. The van der Waals surface area contributed by atoms with E-state index in [-0.39, 0.29) is 24.7 Å². The third-order valence-corrected chi connectivity index (χ3v) is 2.37. The number of aromatic nitrogens is 2. The number of nitrogens with zero attached hydrogens (tertiary/aromatic N) is 2. The van der Waals surface area contributed by atoms with Gasteiger partial charge in [-0.3, -0.25) is 14.3 Å². The van der Waals surface area contributed by atoms with Crippen LogP contribution in [-0.2, 0) is 27.9 Å². The summed E-state index contributed by atoms with van der Waals surface area (Å²) in [5.74, 6) is -0.532. The van der Waals surface area contributed by atoms with E-state index >= 15 is 0 Å². The van der Waals surface area contributed by atoms with Gasteiger partial charge in [-0.05, 0) is 26.8 Å². The van der Waals surface area contributed by atoms with E-state index < -0.39 is 5.60 Å². The van der Waals surface area contributed by atoms with Crippen LogP contribution in [0, 0.1) is 0 Å². The van der Waals surface area contributed by atoms with E-state index in [1.807, 2.05) is 13.1 Å². The molecule has 0 saturated heterocycles. The minimum atomic E-state index is -0.512. The van der Waals surface area contributed by atoms with E-state index in [9.17, 15) is 9.59 Å². The van der Waals surface area contributed by atoms with Crippen LogP contribution < -0.4 is 5.32 Å². The number of amides is 1. The van der Waals surface area contributed by atoms with E-state index in [1.165, 1.54) is 0 Å². The standard InChI is InChI=1S/C13H21N3O3/c1-13(2,3)19-12(18)6-5-11(17)14-9-10-7-8-15-16(10)4/h7-8H,5-6,9H2,1-4H3,(H,14,17). The third-order valence-electron chi connectivity index (χ3n) is 2.37. The van der Waals surface area contributed by atoms with Crippen molar-refractivity contribution in [3.8, 4) is 0 Å². The summed E-state index contributed by atoms with van der Waals surface area (Å²) in [4.78, 5) is 23.0. The Balaban J connectivity index is 2.25. The summed E-state index contributed by atoms with van der Waals surface area (Å²) in [7, 11) is 1.81. The van der Waals surface area contributed by atoms with Gasteiger partial charge in [0, 0.05) is 19.7 Å². The topological polar surface area (TPSA) is 73.2 Å². The van der Waals surface area contributed by atoms with Gasteiger partial charge in [0.25, 0.3) is 0 Å². The first-order chi connectivity index (χ1) is 8.78. The van der Waals surface area contributed by atoms with E-state index in [0.29, 0.717) is 6.54 Å². The van der Waals surface area contributed by atoms with E-state index in [1.54, 1.807) is 31.6 Å². The zero-order valence-electron chi connectivity index (χ0n) is 11.9. The van der Waals surface area contributed by atoms with Crippen LogP contribution in [0.2, 0.25) is 0 Å². The molecule has 1 rings (SSSR count). The molecule has 6 nitrogen and oxygen atoms in total. The summed E-state index contributed by atoms with van der Waals surface area (Å²) in [6.07, 6.45) is 1.89. The molecule has 19 heavy (non-hydrogen) atoms. The number of carbonyl (C=O) groups excluding carboxylic acids is 2. The summed E-state index contributed by atoms with van der Waals surface area (Å²) in [6.45, 7) is 5.80. The number of hydrogen-bond acceptors (Lipinski definition) is 4. The molecular formula is C13H21N3O3. The van der Waals surface area contributed by atoms with E-state index in [2.05, 4.69) is 10.4 Å². The summed E-state index contributed by atoms with van der Waals surface area (Å²) in [6, 6.07) is 1.83. The van der Waals surface area contributed by atoms with Gasteiger partial charge in [-0.15, -0.1) is 0 Å². The van der Waals surface area contributed by atoms with Gasteiger partial charge in [0.05, 0.1) is 18.7 Å². The zero-order chi connectivity index (χ0) is 14.5. The highest BCUT2D eigenvalue weighted by Gasteiger charge is 2.17. The van der Waals surface area contributed by atoms with Gasteiger partial charge in [-0.25, -0.2) is 0 Å². The second-order valence-electron chi connectivity index (χ2n) is 5.31. The van der Waals surface area contributed by atoms with Crippen LogP contribution in [0.3, 0.4) is 0 Å². The second-order valence-corrected chi connectivity index (χ2v) is 5.31. The fourth-order valence-corrected chi connectivity index (χ4v) is 1.46. The van der Waals surface area contributed by atoms with Gasteiger partial charge in [-0.1, -0.05) is 0 Å². The lowest BCUT2D eigenvalue weighted by Gasteiger charge is -2.19. The molecule has 0 aliphatic carbocycles. The fourth-order valence-electron chi connectivity index (χ4n) is 1.46. The quantitative estimate of drug-likeness (QED) is 0.812. The van der Waals surface area contributed by atoms with Crippen molar-refractivity contribution in [3.05, 3.63) is 18.0 Å². The maximum atomic E-state index is 11.6. The smallest absolute Gasteiger partial charge is 0.306 e. The van der Waals surface area contributed by atoms with Crippen molar-refractivity contribution in [1.82, 2.24) is 15.1 Å². The molecule has 1 amide bonds. The summed E-state index contributed by atoms with van der Waals surface area (Å²) < 4.78 is 6.81. The Morgan fingerprint density at radius 2 is 2.05 bits per heavy atom. The maximum absolute atomic E-state index is 11.6. The minimum Gasteiger partial charge on any atom is -0.460 e. The maximum Gasteiger partial charge on any atom is 0.306 e. The lowest BCUT2D eigenvalue weighted by Crippen LogP contribution is -2.27. The van der Waals surface area contributed by atoms with Gasteiger partial charge in [-0.2, -0.15) is 5.10 Å². The third kappa shape index (κ3) is 6.03. The normalized spacial score (nSPS) is 11.2. The molecule has 1 N–H and O–H groups in total. The lowest BCUT2D eigenvalue weighted by atomic mass is 10.2. The van der Waals surface area contributed by atoms with Crippen LogP contribution in [-0.4, -0.2) is 27.3 Å². The van der Waals surface area contributed by atoms with E-state index in [4.69, 9.17) is 4.74 Å². The largest absolute Gasteiger partial charge is 0.460 e. The van der Waals surface area contributed by atoms with Gasteiger partial charge < -0.3 is 10.1 Å². The first kappa shape index (κ1) is 15.2. The van der Waals surface area contributed by atoms with Crippen molar-refractivity contribution in [2.45, 2.75) is 45.8 Å². The highest BCUT2D eigenvalue weighted by molar-refractivity contribution is 5.81. The molecule has 0 radical (unpaired) electrons. The van der Waals surface area contributed by atoms with Crippen LogP contribution in [0.15, 0.2) is 12.3 Å². The molecule has 1 aromatic heterocycles. The van der Waals surface area contributed by atoms with Crippen LogP contribution in [0.4, 0.5) is 0 Å². The molecule has 0 aliphatic heterocycles. The molecule has 0 aromatic carbocycles. The van der Waals surface area contributed by atoms with Crippen LogP contribution in [0.25, 0.3) is 0 Å². The number of rotatable bonds is 5. The van der Waals surface area contributed by atoms with Gasteiger partial charge >= 0.3 is 5.97 Å². The van der Waals surface area contributed by atoms with Crippen LogP contribution >= 0.6 is 0 Å². The highest BCUT2D eigenvalue weighted by Crippen LogP contribution is 2.09. The highest BCUT2D eigenvalue weighted by atomic mass is 16.6. The Morgan fingerprint density at radius 1 is 1.37 bits per heavy atom. The molecule has 106 valence electrons. The summed E-state index contributed by atoms with van der Waals surface area (Å²) in [5, 5.41) is 6.74. The van der Waals surface area contributed by atoms with Crippen molar-refractivity contribution in [2.75, 3.05) is 0 Å². The molecule has 0 fully saturated rings. The average molecular weight is 267 g/mol. The number of esters is 1. The van der Waals surface area contributed by atoms with Crippen LogP contribution in [0.1, 0.15) is 39.3 Å². The fraction of sp³-hybridized carbons (Fsp3) is 0.615. The van der Waals surface area contributed by atoms with Crippen molar-refractivity contribution >= 4 is 11.9 Å². The number of carbonyl (C=O) groups is 2. The number of ether oxygens (including phenoxy) is 1. The van der Waals surface area contributed by atoms with Crippen molar-refractivity contribution < 1.29 is 14.3 Å². The van der Waals surface area contributed by atoms with Gasteiger partial charge in [0.1, 0.15) is 5.60 Å². The molecule has 0 aliphatic rings. The van der Waals surface area contributed by atoms with Crippen LogP contribution in [0.5, 0.6) is 0 Å². The monoisotopic (exact) mass is 267 g/mol. The molecule has 1 heterocycles. The first-order valence-electron chi connectivity index (χ1n) is 6.23. The number of aryl methyl sites for hydroxylation is 1. The number of hydrogen-bond donors (Lipinski definition) is 1. The molecule has 0 spiro atoms. The molecule has 6 heteroatoms. The second kappa shape index (κ2) is 6.36. The Labute approximate surface area is 113 Å². The SMILES string of the molecule is Cn1nccc1CNC(=O)CCC(=O)OC(C)(C)C. The molecule has 0 atom stereocenters. The minimum absolute atomic E-state index is 0.0918. The van der Waals surface area contributed by atoms with Crippen molar-refractivity contribution in [3.63, 3.8) is 0 Å². The molecule has 1 aromatic rings. The molecular weight excluding hydrogens is 246 g/mol. The van der Waals surface area contributed by atoms with Crippen molar-refractivity contribution in [2.24, 2.45) is 7.05 Å². The first-order valence-corrected chi connectivity index (χ1v) is 6.23. The van der Waals surface area contributed by atoms with Gasteiger partial charge in [0.2, 0.25) is 5.91 Å². The summed E-state index contributed by atoms with van der Waals surface area (Å²) >= 11 is 0. The Bertz CT molecular complexity index is 446. The molecule has 0 unspecified atom stereocenters. The van der Waals surface area contributed by atoms with Gasteiger partial charge in [0.15, 0.2) is 0 Å². The lowest BCUT2D eigenvalue weighted by molar-refractivity contribution is -0.155. The Morgan fingerprint density at radius 3 is 2.58 bits per heavy atom. The molecule has 0 bridgehead atoms. The Kier molecular flexibility index (Phi) is 5.09. The zero-order valence-corrected chi connectivity index (χ0v) is 11.9. The molecule has 0 saturated carbocycles.